The zero-order valence-corrected chi connectivity index (χ0v) is 19.5. The highest BCUT2D eigenvalue weighted by Crippen LogP contribution is 2.53. The lowest BCUT2D eigenvalue weighted by atomic mass is 9.73. The van der Waals surface area contributed by atoms with Crippen LogP contribution >= 0.6 is 0 Å². The lowest BCUT2D eigenvalue weighted by Gasteiger charge is -2.30. The van der Waals surface area contributed by atoms with Gasteiger partial charge in [0.05, 0.1) is 6.61 Å². The summed E-state index contributed by atoms with van der Waals surface area (Å²) in [6, 6.07) is 19.0. The van der Waals surface area contributed by atoms with Gasteiger partial charge in [-0.3, -0.25) is 9.59 Å². The predicted molar refractivity (Wildman–Crippen MR) is 129 cm³/mol. The second kappa shape index (κ2) is 8.78. The van der Waals surface area contributed by atoms with Crippen LogP contribution in [0.1, 0.15) is 76.6 Å². The van der Waals surface area contributed by atoms with Gasteiger partial charge < -0.3 is 4.74 Å². The van der Waals surface area contributed by atoms with Crippen molar-refractivity contribution in [2.45, 2.75) is 46.0 Å². The molecule has 33 heavy (non-hydrogen) atoms. The first-order chi connectivity index (χ1) is 15.9. The number of carbonyl (C=O) groups is 3. The first-order valence-corrected chi connectivity index (χ1v) is 11.5. The van der Waals surface area contributed by atoms with Crippen LogP contribution in [0.4, 0.5) is 0 Å². The molecule has 0 radical (unpaired) electrons. The number of aryl methyl sites for hydroxylation is 1. The van der Waals surface area contributed by atoms with Crippen LogP contribution in [0.3, 0.4) is 0 Å². The van der Waals surface area contributed by atoms with E-state index in [0.29, 0.717) is 16.7 Å². The summed E-state index contributed by atoms with van der Waals surface area (Å²) in [5.41, 5.74) is 6.56. The van der Waals surface area contributed by atoms with E-state index in [-0.39, 0.29) is 17.8 Å². The van der Waals surface area contributed by atoms with E-state index in [9.17, 15) is 14.4 Å². The molecule has 0 fully saturated rings. The van der Waals surface area contributed by atoms with Gasteiger partial charge in [0, 0.05) is 22.1 Å². The highest BCUT2D eigenvalue weighted by molar-refractivity contribution is 6.40. The molecule has 0 saturated heterocycles. The number of fused-ring (bicyclic) bond motifs is 3. The Morgan fingerprint density at radius 3 is 1.94 bits per heavy atom. The molecule has 4 rings (SSSR count). The highest BCUT2D eigenvalue weighted by Gasteiger charge is 2.41. The van der Waals surface area contributed by atoms with Crippen molar-refractivity contribution in [3.63, 3.8) is 0 Å². The molecule has 0 aliphatic heterocycles. The summed E-state index contributed by atoms with van der Waals surface area (Å²) in [5, 5.41) is 0. The summed E-state index contributed by atoms with van der Waals surface area (Å²) in [6.07, 6.45) is 1.62. The lowest BCUT2D eigenvalue weighted by Crippen LogP contribution is -2.24. The molecular weight excluding hydrogens is 412 g/mol. The zero-order valence-electron chi connectivity index (χ0n) is 19.5. The SMILES string of the molecule is CCOC(=O)C(=O)c1ccc2c(c1)C(CC)(CC)c1cc(C(=O)c3ccccc3C)ccc1-2. The number of esters is 1. The van der Waals surface area contributed by atoms with Crippen molar-refractivity contribution in [1.29, 1.82) is 0 Å². The van der Waals surface area contributed by atoms with Crippen LogP contribution in [0.5, 0.6) is 0 Å². The monoisotopic (exact) mass is 440 g/mol. The van der Waals surface area contributed by atoms with Gasteiger partial charge in [0.1, 0.15) is 0 Å². The van der Waals surface area contributed by atoms with Crippen LogP contribution in [-0.4, -0.2) is 24.1 Å². The summed E-state index contributed by atoms with van der Waals surface area (Å²) >= 11 is 0. The van der Waals surface area contributed by atoms with Crippen molar-refractivity contribution in [1.82, 2.24) is 0 Å². The number of ketones is 2. The molecule has 0 bridgehead atoms. The number of rotatable bonds is 7. The highest BCUT2D eigenvalue weighted by atomic mass is 16.5. The van der Waals surface area contributed by atoms with Crippen LogP contribution in [0.25, 0.3) is 11.1 Å². The van der Waals surface area contributed by atoms with Gasteiger partial charge in [0.2, 0.25) is 0 Å². The fraction of sp³-hybridized carbons (Fsp3) is 0.276. The van der Waals surface area contributed by atoms with Crippen molar-refractivity contribution >= 4 is 17.5 Å². The minimum atomic E-state index is -0.835. The Morgan fingerprint density at radius 1 is 0.788 bits per heavy atom. The van der Waals surface area contributed by atoms with Gasteiger partial charge in [0.25, 0.3) is 5.78 Å². The maximum atomic E-state index is 13.3. The van der Waals surface area contributed by atoms with E-state index in [0.717, 1.165) is 40.7 Å². The van der Waals surface area contributed by atoms with Crippen LogP contribution in [0.15, 0.2) is 60.7 Å². The van der Waals surface area contributed by atoms with Crippen molar-refractivity contribution in [3.8, 4) is 11.1 Å². The Morgan fingerprint density at radius 2 is 1.36 bits per heavy atom. The van der Waals surface area contributed by atoms with E-state index < -0.39 is 11.8 Å². The number of carbonyl (C=O) groups excluding carboxylic acids is 3. The maximum Gasteiger partial charge on any atom is 0.379 e. The topological polar surface area (TPSA) is 60.4 Å². The molecule has 0 aromatic heterocycles. The average molecular weight is 441 g/mol. The molecule has 0 spiro atoms. The summed E-state index contributed by atoms with van der Waals surface area (Å²) in [4.78, 5) is 38.0. The second-order valence-electron chi connectivity index (χ2n) is 8.50. The minimum absolute atomic E-state index is 0.00569. The summed E-state index contributed by atoms with van der Waals surface area (Å²) < 4.78 is 4.91. The minimum Gasteiger partial charge on any atom is -0.460 e. The summed E-state index contributed by atoms with van der Waals surface area (Å²) in [6.45, 7) is 8.03. The van der Waals surface area contributed by atoms with Crippen molar-refractivity contribution < 1.29 is 19.1 Å². The predicted octanol–water partition coefficient (Wildman–Crippen LogP) is 6.06. The number of benzene rings is 3. The molecule has 0 N–H and O–H groups in total. The van der Waals surface area contributed by atoms with E-state index in [1.807, 2.05) is 61.5 Å². The Labute approximate surface area is 194 Å². The third kappa shape index (κ3) is 3.60. The van der Waals surface area contributed by atoms with E-state index in [1.54, 1.807) is 13.0 Å². The second-order valence-corrected chi connectivity index (χ2v) is 8.50. The van der Waals surface area contributed by atoms with Crippen LogP contribution in [0.2, 0.25) is 0 Å². The molecule has 0 atom stereocenters. The Bertz CT molecular complexity index is 1260. The molecule has 4 nitrogen and oxygen atoms in total. The Balaban J connectivity index is 1.83. The van der Waals surface area contributed by atoms with E-state index in [2.05, 4.69) is 13.8 Å². The molecular formula is C29H28O4. The van der Waals surface area contributed by atoms with Gasteiger partial charge in [-0.2, -0.15) is 0 Å². The third-order valence-corrected chi connectivity index (χ3v) is 6.94. The van der Waals surface area contributed by atoms with Crippen LogP contribution in [-0.2, 0) is 14.9 Å². The smallest absolute Gasteiger partial charge is 0.379 e. The zero-order chi connectivity index (χ0) is 23.8. The Kier molecular flexibility index (Phi) is 6.03. The van der Waals surface area contributed by atoms with Crippen LogP contribution in [0, 0.1) is 6.92 Å². The van der Waals surface area contributed by atoms with Gasteiger partial charge in [-0.15, -0.1) is 0 Å². The van der Waals surface area contributed by atoms with E-state index >= 15 is 0 Å². The summed E-state index contributed by atoms with van der Waals surface area (Å²) in [5.74, 6) is -1.46. The maximum absolute atomic E-state index is 13.3. The standard InChI is InChI=1S/C29H28O4/c1-5-29(6-2)24-16-19(26(30)21-11-9-8-10-18(21)4)12-14-22(24)23-15-13-20(17-25(23)29)27(31)28(32)33-7-3/h8-17H,5-7H2,1-4H3. The molecule has 3 aromatic rings. The fourth-order valence-corrected chi connectivity index (χ4v) is 5.09. The fourth-order valence-electron chi connectivity index (χ4n) is 5.09. The Hall–Kier alpha value is -3.53. The number of ether oxygens (including phenoxy) is 1. The van der Waals surface area contributed by atoms with E-state index in [1.165, 1.54) is 0 Å². The quantitative estimate of drug-likeness (QED) is 0.255. The van der Waals surface area contributed by atoms with Gasteiger partial charge >= 0.3 is 5.97 Å². The van der Waals surface area contributed by atoms with Crippen molar-refractivity contribution in [2.75, 3.05) is 6.61 Å². The molecule has 0 unspecified atom stereocenters. The first-order valence-electron chi connectivity index (χ1n) is 11.5. The van der Waals surface area contributed by atoms with E-state index in [4.69, 9.17) is 4.74 Å². The average Bonchev–Trinajstić information content (AvgIpc) is 3.12. The normalized spacial score (nSPS) is 13.2. The molecule has 3 aromatic carbocycles. The molecule has 0 saturated carbocycles. The number of hydrogen-bond acceptors (Lipinski definition) is 4. The van der Waals surface area contributed by atoms with Gasteiger partial charge in [0.15, 0.2) is 5.78 Å². The molecule has 0 amide bonds. The molecule has 4 heteroatoms. The third-order valence-electron chi connectivity index (χ3n) is 6.94. The lowest BCUT2D eigenvalue weighted by molar-refractivity contribution is -0.137. The molecule has 168 valence electrons. The van der Waals surface area contributed by atoms with Gasteiger partial charge in [-0.05, 0) is 66.6 Å². The van der Waals surface area contributed by atoms with Crippen LogP contribution < -0.4 is 0 Å². The van der Waals surface area contributed by atoms with Gasteiger partial charge in [-0.1, -0.05) is 62.4 Å². The van der Waals surface area contributed by atoms with Crippen molar-refractivity contribution in [3.05, 3.63) is 94.0 Å². The van der Waals surface area contributed by atoms with Gasteiger partial charge in [-0.25, -0.2) is 4.79 Å². The first kappa shape index (κ1) is 22.7. The van der Waals surface area contributed by atoms with Crippen molar-refractivity contribution in [2.24, 2.45) is 0 Å². The molecule has 1 aliphatic carbocycles. The molecule has 1 aliphatic rings. The largest absolute Gasteiger partial charge is 0.460 e. The number of Topliss-reactive ketones (excluding diaryl/α,β-unsaturated/α-hetero) is 1. The number of hydrogen-bond donors (Lipinski definition) is 0. The summed E-state index contributed by atoms with van der Waals surface area (Å²) in [7, 11) is 0. The molecule has 0 heterocycles.